The molecule has 2 aromatic rings. The molecular weight excluding hydrogens is 450 g/mol. The van der Waals surface area contributed by atoms with Gasteiger partial charge in [-0.05, 0) is 60.5 Å². The van der Waals surface area contributed by atoms with Crippen molar-refractivity contribution in [2.45, 2.75) is 38.3 Å². The Balaban J connectivity index is 0.00000124. The van der Waals surface area contributed by atoms with Crippen LogP contribution in [0.3, 0.4) is 0 Å². The number of hydrogen-bond donors (Lipinski definition) is 3. The lowest BCUT2D eigenvalue weighted by Crippen LogP contribution is -2.44. The van der Waals surface area contributed by atoms with E-state index in [9.17, 15) is 14.7 Å². The molecule has 1 saturated carbocycles. The second-order valence-corrected chi connectivity index (χ2v) is 9.30. The van der Waals surface area contributed by atoms with E-state index in [2.05, 4.69) is 39.2 Å². The van der Waals surface area contributed by atoms with Gasteiger partial charge in [-0.15, -0.1) is 12.8 Å². The van der Waals surface area contributed by atoms with Crippen LogP contribution >= 0.6 is 15.9 Å². The van der Waals surface area contributed by atoms with Gasteiger partial charge >= 0.3 is 0 Å². The van der Waals surface area contributed by atoms with E-state index in [4.69, 9.17) is 5.73 Å². The normalized spacial score (nSPS) is 23.0. The van der Waals surface area contributed by atoms with E-state index in [1.807, 2.05) is 12.3 Å². The van der Waals surface area contributed by atoms with E-state index >= 15 is 0 Å². The van der Waals surface area contributed by atoms with Crippen LogP contribution in [0.1, 0.15) is 37.0 Å². The zero-order chi connectivity index (χ0) is 22.2. The van der Waals surface area contributed by atoms with Crippen LogP contribution in [0.2, 0.25) is 0 Å². The first-order valence-corrected chi connectivity index (χ1v) is 10.5. The van der Waals surface area contributed by atoms with Crippen molar-refractivity contribution >= 4 is 38.9 Å². The number of likely N-dealkylation sites (tertiary alicyclic amines) is 1. The molecule has 2 fully saturated rings. The van der Waals surface area contributed by atoms with Crippen LogP contribution < -0.4 is 11.1 Å². The Morgan fingerprint density at radius 2 is 1.90 bits per heavy atom. The lowest BCUT2D eigenvalue weighted by Gasteiger charge is -2.26. The number of aromatic nitrogens is 2. The third-order valence-electron chi connectivity index (χ3n) is 5.78. The number of nitrogens with two attached hydrogens (primary N) is 1. The summed E-state index contributed by atoms with van der Waals surface area (Å²) in [6.45, 7) is 4.39. The highest BCUT2D eigenvalue weighted by Crippen LogP contribution is 2.40. The smallest absolute Gasteiger partial charge is 0.253 e. The van der Waals surface area contributed by atoms with Crippen LogP contribution in [0.5, 0.6) is 0 Å². The lowest BCUT2D eigenvalue weighted by molar-refractivity contribution is -0.147. The van der Waals surface area contributed by atoms with E-state index < -0.39 is 11.5 Å². The fourth-order valence-electron chi connectivity index (χ4n) is 4.54. The van der Waals surface area contributed by atoms with E-state index in [0.29, 0.717) is 36.2 Å². The second kappa shape index (κ2) is 8.28. The summed E-state index contributed by atoms with van der Waals surface area (Å²) in [4.78, 5) is 26.0. The largest absolute Gasteiger partial charge is 0.381 e. The van der Waals surface area contributed by atoms with E-state index in [0.717, 1.165) is 22.8 Å². The van der Waals surface area contributed by atoms with Crippen molar-refractivity contribution in [3.63, 3.8) is 0 Å². The molecule has 30 heavy (non-hydrogen) atoms. The number of hydrogen-bond acceptors (Lipinski definition) is 5. The van der Waals surface area contributed by atoms with Crippen molar-refractivity contribution in [2.24, 2.45) is 17.6 Å². The summed E-state index contributed by atoms with van der Waals surface area (Å²) in [5.41, 5.74) is 6.08. The summed E-state index contributed by atoms with van der Waals surface area (Å²) in [5.74, 6) is 0.0423. The molecule has 8 nitrogen and oxygen atoms in total. The molecule has 0 radical (unpaired) electrons. The molecule has 1 aliphatic carbocycles. The number of aliphatic hydroxyl groups is 1. The average Bonchev–Trinajstić information content (AvgIpc) is 3.34. The van der Waals surface area contributed by atoms with Crippen molar-refractivity contribution in [2.75, 3.05) is 18.4 Å². The minimum Gasteiger partial charge on any atom is -0.381 e. The number of anilines is 1. The van der Waals surface area contributed by atoms with Crippen LogP contribution in [-0.2, 0) is 4.79 Å². The molecule has 0 aromatic carbocycles. The zero-order valence-corrected chi connectivity index (χ0v) is 18.6. The van der Waals surface area contributed by atoms with Crippen molar-refractivity contribution in [3.8, 4) is 12.8 Å². The highest BCUT2D eigenvalue weighted by Gasteiger charge is 2.44. The first-order valence-electron chi connectivity index (χ1n) is 9.72. The maximum absolute atomic E-state index is 12.3. The number of amides is 2. The summed E-state index contributed by atoms with van der Waals surface area (Å²) in [7, 11) is 0. The number of terminal acetylenes is 1. The molecule has 4 rings (SSSR count). The number of nitrogens with one attached hydrogen (secondary N) is 1. The predicted molar refractivity (Wildman–Crippen MR) is 118 cm³/mol. The van der Waals surface area contributed by atoms with Crippen LogP contribution in [0.15, 0.2) is 22.9 Å². The number of halogens is 1. The third-order valence-corrected chi connectivity index (χ3v) is 6.21. The topological polar surface area (TPSA) is 113 Å². The first-order chi connectivity index (χ1) is 14.1. The highest BCUT2D eigenvalue weighted by molar-refractivity contribution is 9.10. The molecule has 2 aliphatic rings. The van der Waals surface area contributed by atoms with Crippen LogP contribution in [0, 0.1) is 24.7 Å². The Labute approximate surface area is 183 Å². The molecule has 9 heteroatoms. The Bertz CT molecular complexity index is 980. The first kappa shape index (κ1) is 22.1. The summed E-state index contributed by atoms with van der Waals surface area (Å²) in [6, 6.07) is 2.09. The molecule has 2 unspecified atom stereocenters. The van der Waals surface area contributed by atoms with Gasteiger partial charge < -0.3 is 21.1 Å². The van der Waals surface area contributed by atoms with Crippen molar-refractivity contribution in [1.82, 2.24) is 14.5 Å². The van der Waals surface area contributed by atoms with Crippen molar-refractivity contribution < 1.29 is 14.7 Å². The van der Waals surface area contributed by atoms with Gasteiger partial charge in [0.1, 0.15) is 5.60 Å². The number of carbonyl (C=O) groups excluding carboxylic acids is 2. The minimum absolute atomic E-state index is 0.187. The second-order valence-electron chi connectivity index (χ2n) is 8.39. The number of carbonyl (C=O) groups is 2. The number of nitrogens with zero attached hydrogens (tertiary/aromatic N) is 3. The summed E-state index contributed by atoms with van der Waals surface area (Å²) < 4.78 is 2.58. The molecule has 4 N–H and O–H groups in total. The Kier molecular flexibility index (Phi) is 6.11. The van der Waals surface area contributed by atoms with Crippen LogP contribution in [0.25, 0.3) is 5.52 Å². The molecule has 0 spiro atoms. The molecule has 0 bridgehead atoms. The molecule has 1 saturated heterocycles. The fourth-order valence-corrected chi connectivity index (χ4v) is 4.95. The number of fused-ring (bicyclic) bond motifs is 2. The van der Waals surface area contributed by atoms with E-state index in [1.165, 1.54) is 20.0 Å². The SMILES string of the molecule is C#C.CC(C)(O)C(=O)N1CC2CC(Nc3c(C(N)=O)cnn4cc(Br)cc34)CC2C1. The Morgan fingerprint density at radius 1 is 1.30 bits per heavy atom. The van der Waals surface area contributed by atoms with Gasteiger partial charge in [0.2, 0.25) is 0 Å². The van der Waals surface area contributed by atoms with E-state index in [1.54, 1.807) is 9.42 Å². The Hall–Kier alpha value is -2.57. The summed E-state index contributed by atoms with van der Waals surface area (Å²) >= 11 is 3.45. The summed E-state index contributed by atoms with van der Waals surface area (Å²) in [6.07, 6.45) is 13.1. The molecule has 2 atom stereocenters. The van der Waals surface area contributed by atoms with Gasteiger partial charge in [0.15, 0.2) is 0 Å². The van der Waals surface area contributed by atoms with Gasteiger partial charge in [-0.1, -0.05) is 0 Å². The quantitative estimate of drug-likeness (QED) is 0.584. The van der Waals surface area contributed by atoms with Gasteiger partial charge in [0.25, 0.3) is 11.8 Å². The maximum atomic E-state index is 12.3. The fraction of sp³-hybridized carbons (Fsp3) is 0.476. The highest BCUT2D eigenvalue weighted by atomic mass is 79.9. The van der Waals surface area contributed by atoms with E-state index in [-0.39, 0.29) is 11.9 Å². The van der Waals surface area contributed by atoms with Gasteiger partial charge in [-0.25, -0.2) is 4.52 Å². The average molecular weight is 476 g/mol. The Morgan fingerprint density at radius 3 is 2.43 bits per heavy atom. The third kappa shape index (κ3) is 4.16. The maximum Gasteiger partial charge on any atom is 0.253 e. The molecule has 160 valence electrons. The van der Waals surface area contributed by atoms with Crippen molar-refractivity contribution in [3.05, 3.63) is 28.5 Å². The van der Waals surface area contributed by atoms with Gasteiger partial charge in [0, 0.05) is 29.8 Å². The molecular formula is C21H26BrN5O3. The summed E-state index contributed by atoms with van der Waals surface area (Å²) in [5, 5.41) is 17.7. The van der Waals surface area contributed by atoms with Gasteiger partial charge in [0.05, 0.1) is 23.0 Å². The van der Waals surface area contributed by atoms with Crippen LogP contribution in [0.4, 0.5) is 5.69 Å². The van der Waals surface area contributed by atoms with Gasteiger partial charge in [-0.3, -0.25) is 9.59 Å². The molecule has 2 amide bonds. The number of primary amides is 1. The van der Waals surface area contributed by atoms with Crippen molar-refractivity contribution in [1.29, 1.82) is 0 Å². The minimum atomic E-state index is -1.34. The lowest BCUT2D eigenvalue weighted by atomic mass is 10.0. The molecule has 3 heterocycles. The zero-order valence-electron chi connectivity index (χ0n) is 17.0. The molecule has 2 aromatic heterocycles. The van der Waals surface area contributed by atoms with Gasteiger partial charge in [-0.2, -0.15) is 5.10 Å². The predicted octanol–water partition coefficient (Wildman–Crippen LogP) is 1.86. The van der Waals surface area contributed by atoms with Crippen LogP contribution in [-0.4, -0.2) is 56.2 Å². The standard InChI is InChI=1S/C19H24BrN5O3.C2H2/c1-19(2,28)18(27)24-7-10-3-13(4-11(10)8-24)23-16-14(17(21)26)6-22-25-9-12(20)5-15(16)25;1-2/h5-6,9-11,13,23,28H,3-4,7-8H2,1-2H3,(H2,21,26);1-2H. The molecule has 1 aliphatic heterocycles. The number of rotatable bonds is 4. The monoisotopic (exact) mass is 475 g/mol.